The lowest BCUT2D eigenvalue weighted by Gasteiger charge is -2.09. The van der Waals surface area contributed by atoms with Gasteiger partial charge in [-0.2, -0.15) is 4.39 Å². The second-order valence-corrected chi connectivity index (χ2v) is 5.21. The molecule has 4 nitrogen and oxygen atoms in total. The molecule has 0 radical (unpaired) electrons. The van der Waals surface area contributed by atoms with Gasteiger partial charge in [0.15, 0.2) is 0 Å². The Kier molecular flexibility index (Phi) is 2.42. The van der Waals surface area contributed by atoms with E-state index in [-0.39, 0.29) is 5.69 Å². The third-order valence-electron chi connectivity index (χ3n) is 3.48. The van der Waals surface area contributed by atoms with Crippen molar-refractivity contribution < 1.29 is 4.39 Å². The van der Waals surface area contributed by atoms with Crippen LogP contribution >= 0.6 is 0 Å². The fourth-order valence-corrected chi connectivity index (χ4v) is 2.05. The standard InChI is InChI=1S/C12H15FN2O2/c13-10-7-14(5-8-1-2-8)12(17)15(11(10)16)6-9-3-4-9/h7-9H,1-6H2. The Balaban J connectivity index is 2.00. The molecule has 0 saturated heterocycles. The van der Waals surface area contributed by atoms with Crippen molar-refractivity contribution in [3.8, 4) is 0 Å². The highest BCUT2D eigenvalue weighted by molar-refractivity contribution is 4.93. The van der Waals surface area contributed by atoms with E-state index in [4.69, 9.17) is 0 Å². The molecule has 17 heavy (non-hydrogen) atoms. The molecular weight excluding hydrogens is 223 g/mol. The normalized spacial score (nSPS) is 19.6. The van der Waals surface area contributed by atoms with Crippen LogP contribution in [0.1, 0.15) is 25.7 Å². The van der Waals surface area contributed by atoms with Gasteiger partial charge in [0, 0.05) is 13.1 Å². The Hall–Kier alpha value is -1.39. The van der Waals surface area contributed by atoms with Crippen LogP contribution in [0.15, 0.2) is 15.8 Å². The first-order chi connectivity index (χ1) is 8.15. The number of aromatic nitrogens is 2. The van der Waals surface area contributed by atoms with Gasteiger partial charge in [-0.1, -0.05) is 0 Å². The van der Waals surface area contributed by atoms with Crippen LogP contribution in [-0.2, 0) is 13.1 Å². The summed E-state index contributed by atoms with van der Waals surface area (Å²) in [6.45, 7) is 0.917. The molecule has 0 aliphatic heterocycles. The second kappa shape index (κ2) is 3.82. The van der Waals surface area contributed by atoms with Gasteiger partial charge in [0.2, 0.25) is 5.82 Å². The van der Waals surface area contributed by atoms with E-state index in [1.165, 1.54) is 4.57 Å². The second-order valence-electron chi connectivity index (χ2n) is 5.21. The van der Waals surface area contributed by atoms with Gasteiger partial charge in [-0.05, 0) is 37.5 Å². The van der Waals surface area contributed by atoms with E-state index in [9.17, 15) is 14.0 Å². The summed E-state index contributed by atoms with van der Waals surface area (Å²) in [5.74, 6) is 0.0569. The Labute approximate surface area is 97.7 Å². The van der Waals surface area contributed by atoms with Crippen molar-refractivity contribution in [2.24, 2.45) is 11.8 Å². The monoisotopic (exact) mass is 238 g/mol. The molecule has 1 heterocycles. The quantitative estimate of drug-likeness (QED) is 0.784. The fourth-order valence-electron chi connectivity index (χ4n) is 2.05. The number of halogens is 1. The molecule has 0 unspecified atom stereocenters. The lowest BCUT2D eigenvalue weighted by molar-refractivity contribution is 0.462. The molecule has 3 rings (SSSR count). The third kappa shape index (κ3) is 2.18. The summed E-state index contributed by atoms with van der Waals surface area (Å²) in [7, 11) is 0. The molecular formula is C12H15FN2O2. The van der Waals surface area contributed by atoms with Gasteiger partial charge in [-0.3, -0.25) is 13.9 Å². The van der Waals surface area contributed by atoms with Crippen molar-refractivity contribution in [3.05, 3.63) is 32.9 Å². The molecule has 2 saturated carbocycles. The zero-order valence-corrected chi connectivity index (χ0v) is 9.56. The molecule has 0 bridgehead atoms. The van der Waals surface area contributed by atoms with Gasteiger partial charge in [0.25, 0.3) is 5.56 Å². The van der Waals surface area contributed by atoms with Crippen LogP contribution in [0.3, 0.4) is 0 Å². The Morgan fingerprint density at radius 2 is 1.71 bits per heavy atom. The molecule has 2 aliphatic rings. The lowest BCUT2D eigenvalue weighted by atomic mass is 10.4. The van der Waals surface area contributed by atoms with E-state index in [2.05, 4.69) is 0 Å². The highest BCUT2D eigenvalue weighted by Gasteiger charge is 2.26. The molecule has 5 heteroatoms. The number of nitrogens with zero attached hydrogens (tertiary/aromatic N) is 2. The van der Waals surface area contributed by atoms with Gasteiger partial charge in [-0.25, -0.2) is 4.79 Å². The van der Waals surface area contributed by atoms with Crippen LogP contribution in [0, 0.1) is 17.7 Å². The van der Waals surface area contributed by atoms with E-state index in [1.54, 1.807) is 0 Å². The Morgan fingerprint density at radius 1 is 1.12 bits per heavy atom. The number of rotatable bonds is 4. The highest BCUT2D eigenvalue weighted by Crippen LogP contribution is 2.30. The molecule has 92 valence electrons. The molecule has 2 aliphatic carbocycles. The van der Waals surface area contributed by atoms with Crippen molar-refractivity contribution >= 4 is 0 Å². The summed E-state index contributed by atoms with van der Waals surface area (Å²) in [4.78, 5) is 23.6. The predicted molar refractivity (Wildman–Crippen MR) is 60.4 cm³/mol. The first-order valence-corrected chi connectivity index (χ1v) is 6.15. The average Bonchev–Trinajstić information content (AvgIpc) is 3.15. The fraction of sp³-hybridized carbons (Fsp3) is 0.667. The van der Waals surface area contributed by atoms with Crippen LogP contribution in [0.5, 0.6) is 0 Å². The minimum absolute atomic E-state index is 0.352. The molecule has 1 aromatic rings. The maximum atomic E-state index is 13.5. The molecule has 2 fully saturated rings. The molecule has 0 aromatic carbocycles. The number of hydrogen-bond donors (Lipinski definition) is 0. The predicted octanol–water partition coefficient (Wildman–Crippen LogP) is 0.969. The first kappa shape index (κ1) is 10.7. The van der Waals surface area contributed by atoms with Gasteiger partial charge in [0.1, 0.15) is 0 Å². The van der Waals surface area contributed by atoms with Crippen LogP contribution in [0.25, 0.3) is 0 Å². The van der Waals surface area contributed by atoms with E-state index in [0.29, 0.717) is 24.9 Å². The van der Waals surface area contributed by atoms with Crippen molar-refractivity contribution in [2.75, 3.05) is 0 Å². The molecule has 1 aromatic heterocycles. The van der Waals surface area contributed by atoms with Crippen molar-refractivity contribution in [2.45, 2.75) is 38.8 Å². The van der Waals surface area contributed by atoms with Crippen LogP contribution in [0.2, 0.25) is 0 Å². The molecule has 0 amide bonds. The summed E-state index contributed by atoms with van der Waals surface area (Å²) in [6.07, 6.45) is 5.31. The van der Waals surface area contributed by atoms with Gasteiger partial charge in [-0.15, -0.1) is 0 Å². The number of hydrogen-bond acceptors (Lipinski definition) is 2. The van der Waals surface area contributed by atoms with E-state index < -0.39 is 11.4 Å². The van der Waals surface area contributed by atoms with Crippen molar-refractivity contribution in [1.82, 2.24) is 9.13 Å². The molecule has 0 atom stereocenters. The highest BCUT2D eigenvalue weighted by atomic mass is 19.1. The Morgan fingerprint density at radius 3 is 2.29 bits per heavy atom. The summed E-state index contributed by atoms with van der Waals surface area (Å²) >= 11 is 0. The smallest absolute Gasteiger partial charge is 0.297 e. The van der Waals surface area contributed by atoms with Crippen LogP contribution in [0.4, 0.5) is 4.39 Å². The van der Waals surface area contributed by atoms with E-state index in [0.717, 1.165) is 36.4 Å². The minimum Gasteiger partial charge on any atom is -0.297 e. The average molecular weight is 238 g/mol. The topological polar surface area (TPSA) is 44.0 Å². The van der Waals surface area contributed by atoms with Gasteiger partial charge >= 0.3 is 5.69 Å². The van der Waals surface area contributed by atoms with Crippen LogP contribution in [-0.4, -0.2) is 9.13 Å². The summed E-state index contributed by atoms with van der Waals surface area (Å²) in [5.41, 5.74) is -1.12. The zero-order chi connectivity index (χ0) is 12.0. The van der Waals surface area contributed by atoms with Crippen molar-refractivity contribution in [3.63, 3.8) is 0 Å². The summed E-state index contributed by atoms with van der Waals surface area (Å²) in [6, 6.07) is 0. The van der Waals surface area contributed by atoms with Gasteiger partial charge < -0.3 is 0 Å². The summed E-state index contributed by atoms with van der Waals surface area (Å²) in [5, 5.41) is 0. The Bertz CT molecular complexity index is 553. The maximum absolute atomic E-state index is 13.5. The van der Waals surface area contributed by atoms with E-state index >= 15 is 0 Å². The molecule has 0 N–H and O–H groups in total. The lowest BCUT2D eigenvalue weighted by Crippen LogP contribution is -2.41. The summed E-state index contributed by atoms with van der Waals surface area (Å²) < 4.78 is 15.9. The van der Waals surface area contributed by atoms with Gasteiger partial charge in [0.05, 0.1) is 6.20 Å². The minimum atomic E-state index is -0.814. The van der Waals surface area contributed by atoms with E-state index in [1.807, 2.05) is 0 Å². The zero-order valence-electron chi connectivity index (χ0n) is 9.56. The largest absolute Gasteiger partial charge is 0.331 e. The first-order valence-electron chi connectivity index (χ1n) is 6.15. The SMILES string of the molecule is O=c1c(F)cn(CC2CC2)c(=O)n1CC1CC1. The molecule has 0 spiro atoms. The third-order valence-corrected chi connectivity index (χ3v) is 3.48. The van der Waals surface area contributed by atoms with Crippen molar-refractivity contribution in [1.29, 1.82) is 0 Å². The van der Waals surface area contributed by atoms with Crippen LogP contribution < -0.4 is 11.2 Å². The maximum Gasteiger partial charge on any atom is 0.331 e.